The SMILES string of the molecule is CCC1CCC(C(=O)C2CC3CCC2C3)CC1. The van der Waals surface area contributed by atoms with Gasteiger partial charge >= 0.3 is 0 Å². The maximum atomic E-state index is 12.6. The second-order valence-corrected chi connectivity index (χ2v) is 6.81. The first kappa shape index (κ1) is 11.7. The molecule has 0 N–H and O–H groups in total. The van der Waals surface area contributed by atoms with Crippen molar-refractivity contribution in [2.45, 2.75) is 64.7 Å². The van der Waals surface area contributed by atoms with E-state index in [-0.39, 0.29) is 0 Å². The summed E-state index contributed by atoms with van der Waals surface area (Å²) < 4.78 is 0. The normalized spacial score (nSPS) is 45.1. The summed E-state index contributed by atoms with van der Waals surface area (Å²) in [4.78, 5) is 12.6. The molecule has 0 aromatic carbocycles. The Kier molecular flexibility index (Phi) is 3.28. The van der Waals surface area contributed by atoms with Crippen LogP contribution in [-0.4, -0.2) is 5.78 Å². The fourth-order valence-corrected chi connectivity index (χ4v) is 4.75. The summed E-state index contributed by atoms with van der Waals surface area (Å²) in [6.45, 7) is 2.29. The Morgan fingerprint density at radius 1 is 1.00 bits per heavy atom. The van der Waals surface area contributed by atoms with Crippen LogP contribution in [0.4, 0.5) is 0 Å². The molecule has 0 heterocycles. The summed E-state index contributed by atoms with van der Waals surface area (Å²) in [6.07, 6.45) is 11.7. The Morgan fingerprint density at radius 3 is 2.29 bits per heavy atom. The molecule has 3 atom stereocenters. The standard InChI is InChI=1S/C16H26O/c1-2-11-3-6-13(7-4-11)16(17)15-10-12-5-8-14(15)9-12/h11-15H,2-10H2,1H3. The third-order valence-electron chi connectivity index (χ3n) is 5.93. The number of ketones is 1. The molecule has 0 saturated heterocycles. The molecule has 0 spiro atoms. The molecule has 17 heavy (non-hydrogen) atoms. The minimum atomic E-state index is 0.446. The number of rotatable bonds is 3. The van der Waals surface area contributed by atoms with E-state index >= 15 is 0 Å². The highest BCUT2D eigenvalue weighted by molar-refractivity contribution is 5.84. The molecular formula is C16H26O. The van der Waals surface area contributed by atoms with Crippen LogP contribution in [0.15, 0.2) is 0 Å². The lowest BCUT2D eigenvalue weighted by molar-refractivity contribution is -0.129. The Balaban J connectivity index is 1.56. The number of carbonyl (C=O) groups is 1. The molecule has 1 nitrogen and oxygen atoms in total. The second-order valence-electron chi connectivity index (χ2n) is 6.81. The first-order valence-electron chi connectivity index (χ1n) is 7.81. The summed E-state index contributed by atoms with van der Waals surface area (Å²) >= 11 is 0. The minimum Gasteiger partial charge on any atom is -0.299 e. The predicted molar refractivity (Wildman–Crippen MR) is 69.7 cm³/mol. The van der Waals surface area contributed by atoms with Gasteiger partial charge in [0.1, 0.15) is 5.78 Å². The molecule has 3 rings (SSSR count). The number of Topliss-reactive ketones (excluding diaryl/α,β-unsaturated/α-hetero) is 1. The van der Waals surface area contributed by atoms with Gasteiger partial charge in [0.15, 0.2) is 0 Å². The van der Waals surface area contributed by atoms with E-state index in [9.17, 15) is 4.79 Å². The molecule has 0 aromatic heterocycles. The molecule has 0 aromatic rings. The molecule has 3 unspecified atom stereocenters. The molecule has 96 valence electrons. The van der Waals surface area contributed by atoms with E-state index in [0.717, 1.165) is 17.8 Å². The van der Waals surface area contributed by atoms with Crippen LogP contribution in [0.3, 0.4) is 0 Å². The number of carbonyl (C=O) groups excluding carboxylic acids is 1. The van der Waals surface area contributed by atoms with Crippen LogP contribution in [0.2, 0.25) is 0 Å². The molecule has 1 heteroatoms. The van der Waals surface area contributed by atoms with Crippen LogP contribution in [0.1, 0.15) is 64.7 Å². The van der Waals surface area contributed by atoms with Gasteiger partial charge in [-0.25, -0.2) is 0 Å². The maximum Gasteiger partial charge on any atom is 0.139 e. The van der Waals surface area contributed by atoms with Gasteiger partial charge in [-0.15, -0.1) is 0 Å². The van der Waals surface area contributed by atoms with Gasteiger partial charge in [0.25, 0.3) is 0 Å². The summed E-state index contributed by atoms with van der Waals surface area (Å²) in [5, 5.41) is 0. The topological polar surface area (TPSA) is 17.1 Å². The van der Waals surface area contributed by atoms with Gasteiger partial charge in [-0.3, -0.25) is 4.79 Å². The molecule has 3 aliphatic rings. The highest BCUT2D eigenvalue weighted by Gasteiger charge is 2.44. The zero-order valence-electron chi connectivity index (χ0n) is 11.2. The van der Waals surface area contributed by atoms with Gasteiger partial charge in [0.2, 0.25) is 0 Å². The Morgan fingerprint density at radius 2 is 1.76 bits per heavy atom. The molecular weight excluding hydrogens is 208 g/mol. The van der Waals surface area contributed by atoms with E-state index in [4.69, 9.17) is 0 Å². The van der Waals surface area contributed by atoms with Crippen molar-refractivity contribution in [1.82, 2.24) is 0 Å². The van der Waals surface area contributed by atoms with Crippen molar-refractivity contribution in [3.8, 4) is 0 Å². The maximum absolute atomic E-state index is 12.6. The average Bonchev–Trinajstić information content (AvgIpc) is 3.00. The van der Waals surface area contributed by atoms with Crippen molar-refractivity contribution in [2.24, 2.45) is 29.6 Å². The van der Waals surface area contributed by atoms with Gasteiger partial charge in [0.05, 0.1) is 0 Å². The van der Waals surface area contributed by atoms with Crippen molar-refractivity contribution < 1.29 is 4.79 Å². The number of fused-ring (bicyclic) bond motifs is 2. The van der Waals surface area contributed by atoms with E-state index in [0.29, 0.717) is 17.6 Å². The summed E-state index contributed by atoms with van der Waals surface area (Å²) in [5.41, 5.74) is 0. The number of hydrogen-bond acceptors (Lipinski definition) is 1. The van der Waals surface area contributed by atoms with Crippen molar-refractivity contribution in [3.63, 3.8) is 0 Å². The molecule has 0 radical (unpaired) electrons. The largest absolute Gasteiger partial charge is 0.299 e. The molecule has 0 aliphatic heterocycles. The molecule has 2 bridgehead atoms. The smallest absolute Gasteiger partial charge is 0.139 e. The molecule has 0 amide bonds. The van der Waals surface area contributed by atoms with Crippen LogP contribution in [-0.2, 0) is 4.79 Å². The Bertz CT molecular complexity index is 288. The van der Waals surface area contributed by atoms with Crippen LogP contribution >= 0.6 is 0 Å². The van der Waals surface area contributed by atoms with E-state index < -0.39 is 0 Å². The van der Waals surface area contributed by atoms with Crippen LogP contribution in [0.25, 0.3) is 0 Å². The fraction of sp³-hybridized carbons (Fsp3) is 0.938. The van der Waals surface area contributed by atoms with E-state index in [2.05, 4.69) is 6.92 Å². The summed E-state index contributed by atoms with van der Waals surface area (Å²) in [6, 6.07) is 0. The first-order valence-corrected chi connectivity index (χ1v) is 7.81. The van der Waals surface area contributed by atoms with Crippen LogP contribution in [0, 0.1) is 29.6 Å². The molecule has 3 fully saturated rings. The lowest BCUT2D eigenvalue weighted by atomic mass is 9.73. The monoisotopic (exact) mass is 234 g/mol. The third-order valence-corrected chi connectivity index (χ3v) is 5.93. The second kappa shape index (κ2) is 4.74. The number of hydrogen-bond donors (Lipinski definition) is 0. The first-order chi connectivity index (χ1) is 8.28. The van der Waals surface area contributed by atoms with Gasteiger partial charge in [0, 0.05) is 11.8 Å². The van der Waals surface area contributed by atoms with Crippen molar-refractivity contribution >= 4 is 5.78 Å². The van der Waals surface area contributed by atoms with Gasteiger partial charge in [-0.1, -0.05) is 19.8 Å². The lowest BCUT2D eigenvalue weighted by Crippen LogP contribution is -2.30. The Hall–Kier alpha value is -0.330. The van der Waals surface area contributed by atoms with Gasteiger partial charge in [-0.2, -0.15) is 0 Å². The van der Waals surface area contributed by atoms with E-state index in [1.165, 1.54) is 57.8 Å². The van der Waals surface area contributed by atoms with Crippen molar-refractivity contribution in [3.05, 3.63) is 0 Å². The van der Waals surface area contributed by atoms with Crippen molar-refractivity contribution in [1.29, 1.82) is 0 Å². The highest BCUT2D eigenvalue weighted by Crippen LogP contribution is 2.50. The fourth-order valence-electron chi connectivity index (χ4n) is 4.75. The van der Waals surface area contributed by atoms with Crippen LogP contribution < -0.4 is 0 Å². The summed E-state index contributed by atoms with van der Waals surface area (Å²) in [7, 11) is 0. The predicted octanol–water partition coefficient (Wildman–Crippen LogP) is 4.21. The van der Waals surface area contributed by atoms with E-state index in [1.807, 2.05) is 0 Å². The lowest BCUT2D eigenvalue weighted by Gasteiger charge is -2.30. The Labute approximate surface area is 105 Å². The minimum absolute atomic E-state index is 0.446. The zero-order valence-corrected chi connectivity index (χ0v) is 11.2. The van der Waals surface area contributed by atoms with Crippen molar-refractivity contribution in [2.75, 3.05) is 0 Å². The third kappa shape index (κ3) is 2.18. The molecule has 3 saturated carbocycles. The zero-order chi connectivity index (χ0) is 11.8. The van der Waals surface area contributed by atoms with Crippen LogP contribution in [0.5, 0.6) is 0 Å². The van der Waals surface area contributed by atoms with Gasteiger partial charge < -0.3 is 0 Å². The molecule has 3 aliphatic carbocycles. The quantitative estimate of drug-likeness (QED) is 0.715. The van der Waals surface area contributed by atoms with E-state index in [1.54, 1.807) is 0 Å². The average molecular weight is 234 g/mol. The highest BCUT2D eigenvalue weighted by atomic mass is 16.1. The van der Waals surface area contributed by atoms with Gasteiger partial charge in [-0.05, 0) is 62.7 Å². The summed E-state index contributed by atoms with van der Waals surface area (Å²) in [5.74, 6) is 4.22.